The SMILES string of the molecule is O=C(CCc1ccc(-c2ccccc2)cc1)Nc1cc(Cl)ccc1C(=O)O. The first kappa shape index (κ1) is 18.7. The van der Waals surface area contributed by atoms with E-state index in [0.717, 1.165) is 16.7 Å². The number of aryl methyl sites for hydroxylation is 1. The molecule has 1 amide bonds. The molecule has 0 saturated carbocycles. The zero-order chi connectivity index (χ0) is 19.2. The van der Waals surface area contributed by atoms with Crippen LogP contribution in [0.2, 0.25) is 5.02 Å². The van der Waals surface area contributed by atoms with Crippen LogP contribution in [0.3, 0.4) is 0 Å². The molecule has 0 saturated heterocycles. The zero-order valence-electron chi connectivity index (χ0n) is 14.5. The van der Waals surface area contributed by atoms with Crippen LogP contribution in [-0.2, 0) is 11.2 Å². The molecule has 5 heteroatoms. The number of nitrogens with one attached hydrogen (secondary N) is 1. The third-order valence-electron chi connectivity index (χ3n) is 4.19. The van der Waals surface area contributed by atoms with Crippen molar-refractivity contribution in [2.45, 2.75) is 12.8 Å². The fourth-order valence-electron chi connectivity index (χ4n) is 2.77. The van der Waals surface area contributed by atoms with Crippen molar-refractivity contribution in [3.8, 4) is 11.1 Å². The Labute approximate surface area is 162 Å². The minimum Gasteiger partial charge on any atom is -0.478 e. The van der Waals surface area contributed by atoms with Gasteiger partial charge in [0.2, 0.25) is 5.91 Å². The maximum atomic E-state index is 12.2. The maximum Gasteiger partial charge on any atom is 0.337 e. The van der Waals surface area contributed by atoms with Gasteiger partial charge in [-0.15, -0.1) is 0 Å². The Morgan fingerprint density at radius 1 is 0.889 bits per heavy atom. The highest BCUT2D eigenvalue weighted by atomic mass is 35.5. The number of amides is 1. The van der Waals surface area contributed by atoms with E-state index >= 15 is 0 Å². The highest BCUT2D eigenvalue weighted by Gasteiger charge is 2.13. The predicted molar refractivity (Wildman–Crippen MR) is 107 cm³/mol. The van der Waals surface area contributed by atoms with Gasteiger partial charge in [-0.3, -0.25) is 4.79 Å². The molecule has 0 heterocycles. The lowest BCUT2D eigenvalue weighted by molar-refractivity contribution is -0.116. The van der Waals surface area contributed by atoms with Crippen LogP contribution in [0.15, 0.2) is 72.8 Å². The first-order valence-corrected chi connectivity index (χ1v) is 8.88. The molecule has 0 aromatic heterocycles. The summed E-state index contributed by atoms with van der Waals surface area (Å²) in [6.45, 7) is 0. The van der Waals surface area contributed by atoms with Crippen LogP contribution in [0.4, 0.5) is 5.69 Å². The summed E-state index contributed by atoms with van der Waals surface area (Å²) in [6.07, 6.45) is 0.806. The van der Waals surface area contributed by atoms with Gasteiger partial charge in [0.15, 0.2) is 0 Å². The third kappa shape index (κ3) is 4.96. The Morgan fingerprint density at radius 2 is 1.56 bits per heavy atom. The van der Waals surface area contributed by atoms with Crippen molar-refractivity contribution < 1.29 is 14.7 Å². The van der Waals surface area contributed by atoms with E-state index in [2.05, 4.69) is 5.32 Å². The standard InChI is InChI=1S/C22H18ClNO3/c23-18-11-12-19(22(26)27)20(14-18)24-21(25)13-8-15-6-9-17(10-7-15)16-4-2-1-3-5-16/h1-7,9-12,14H,8,13H2,(H,24,25)(H,26,27). The van der Waals surface area contributed by atoms with Crippen molar-refractivity contribution in [3.63, 3.8) is 0 Å². The number of aromatic carboxylic acids is 1. The third-order valence-corrected chi connectivity index (χ3v) is 4.42. The average Bonchev–Trinajstić information content (AvgIpc) is 2.67. The van der Waals surface area contributed by atoms with Gasteiger partial charge in [-0.1, -0.05) is 66.2 Å². The molecule has 3 aromatic rings. The van der Waals surface area contributed by atoms with Gasteiger partial charge < -0.3 is 10.4 Å². The van der Waals surface area contributed by atoms with Crippen molar-refractivity contribution in [2.75, 3.05) is 5.32 Å². The van der Waals surface area contributed by atoms with E-state index in [4.69, 9.17) is 11.6 Å². The number of benzene rings is 3. The minimum atomic E-state index is -1.11. The van der Waals surface area contributed by atoms with E-state index in [1.165, 1.54) is 18.2 Å². The molecule has 0 aliphatic heterocycles. The van der Waals surface area contributed by atoms with Gasteiger partial charge in [-0.2, -0.15) is 0 Å². The van der Waals surface area contributed by atoms with Gasteiger partial charge >= 0.3 is 5.97 Å². The number of halogens is 1. The Bertz CT molecular complexity index is 953. The predicted octanol–water partition coefficient (Wildman–Crippen LogP) is 5.28. The average molecular weight is 380 g/mol. The molecule has 27 heavy (non-hydrogen) atoms. The first-order valence-electron chi connectivity index (χ1n) is 8.50. The smallest absolute Gasteiger partial charge is 0.337 e. The highest BCUT2D eigenvalue weighted by molar-refractivity contribution is 6.31. The fraction of sp³-hybridized carbons (Fsp3) is 0.0909. The van der Waals surface area contributed by atoms with Crippen molar-refractivity contribution in [1.82, 2.24) is 0 Å². The molecule has 0 atom stereocenters. The summed E-state index contributed by atoms with van der Waals surface area (Å²) in [7, 11) is 0. The summed E-state index contributed by atoms with van der Waals surface area (Å²) >= 11 is 5.90. The van der Waals surface area contributed by atoms with Crippen molar-refractivity contribution >= 4 is 29.2 Å². The lowest BCUT2D eigenvalue weighted by atomic mass is 10.0. The van der Waals surface area contributed by atoms with Gasteiger partial charge in [-0.25, -0.2) is 4.79 Å². The first-order chi connectivity index (χ1) is 13.0. The number of rotatable bonds is 6. The van der Waals surface area contributed by atoms with E-state index < -0.39 is 5.97 Å². The lowest BCUT2D eigenvalue weighted by Crippen LogP contribution is -2.15. The molecule has 0 aliphatic carbocycles. The van der Waals surface area contributed by atoms with Crippen molar-refractivity contribution in [3.05, 3.63) is 88.9 Å². The molecule has 0 aliphatic rings. The van der Waals surface area contributed by atoms with E-state index in [1.807, 2.05) is 54.6 Å². The Morgan fingerprint density at radius 3 is 2.22 bits per heavy atom. The second-order valence-corrected chi connectivity index (χ2v) is 6.54. The van der Waals surface area contributed by atoms with E-state index in [9.17, 15) is 14.7 Å². The van der Waals surface area contributed by atoms with E-state index in [-0.39, 0.29) is 23.6 Å². The number of carboxylic acid groups (broad SMARTS) is 1. The summed E-state index contributed by atoms with van der Waals surface area (Å²) in [5.41, 5.74) is 3.52. The summed E-state index contributed by atoms with van der Waals surface area (Å²) in [5.74, 6) is -1.37. The topological polar surface area (TPSA) is 66.4 Å². The number of carbonyl (C=O) groups excluding carboxylic acids is 1. The number of anilines is 1. The largest absolute Gasteiger partial charge is 0.478 e. The summed E-state index contributed by atoms with van der Waals surface area (Å²) < 4.78 is 0. The molecule has 4 nitrogen and oxygen atoms in total. The number of hydrogen-bond acceptors (Lipinski definition) is 2. The van der Waals surface area contributed by atoms with Crippen LogP contribution in [0, 0.1) is 0 Å². The van der Waals surface area contributed by atoms with Gasteiger partial charge in [-0.05, 0) is 41.3 Å². The normalized spacial score (nSPS) is 10.4. The monoisotopic (exact) mass is 379 g/mol. The molecule has 2 N–H and O–H groups in total. The fourth-order valence-corrected chi connectivity index (χ4v) is 2.94. The molecule has 0 radical (unpaired) electrons. The summed E-state index contributed by atoms with van der Waals surface area (Å²) in [6, 6.07) is 22.4. The van der Waals surface area contributed by atoms with Gasteiger partial charge in [0.05, 0.1) is 11.3 Å². The van der Waals surface area contributed by atoms with E-state index in [1.54, 1.807) is 0 Å². The van der Waals surface area contributed by atoms with Crippen LogP contribution in [0.25, 0.3) is 11.1 Å². The quantitative estimate of drug-likeness (QED) is 0.612. The van der Waals surface area contributed by atoms with Crippen LogP contribution >= 0.6 is 11.6 Å². The summed E-state index contributed by atoms with van der Waals surface area (Å²) in [5, 5.41) is 12.2. The van der Waals surface area contributed by atoms with Crippen LogP contribution < -0.4 is 5.32 Å². The van der Waals surface area contributed by atoms with Crippen molar-refractivity contribution in [2.24, 2.45) is 0 Å². The molecule has 136 valence electrons. The Hall–Kier alpha value is -3.11. The van der Waals surface area contributed by atoms with Crippen LogP contribution in [0.1, 0.15) is 22.3 Å². The molecule has 3 rings (SSSR count). The molecule has 0 bridgehead atoms. The molecular formula is C22H18ClNO3. The van der Waals surface area contributed by atoms with Crippen LogP contribution in [-0.4, -0.2) is 17.0 Å². The lowest BCUT2D eigenvalue weighted by Gasteiger charge is -2.09. The number of hydrogen-bond donors (Lipinski definition) is 2. The van der Waals surface area contributed by atoms with Crippen LogP contribution in [0.5, 0.6) is 0 Å². The number of carbonyl (C=O) groups is 2. The molecule has 0 unspecified atom stereocenters. The summed E-state index contributed by atoms with van der Waals surface area (Å²) in [4.78, 5) is 23.5. The number of carboxylic acids is 1. The van der Waals surface area contributed by atoms with E-state index in [0.29, 0.717) is 11.4 Å². The second kappa shape index (κ2) is 8.52. The highest BCUT2D eigenvalue weighted by Crippen LogP contribution is 2.22. The molecule has 3 aromatic carbocycles. The van der Waals surface area contributed by atoms with Gasteiger partial charge in [0.1, 0.15) is 0 Å². The molecular weight excluding hydrogens is 362 g/mol. The minimum absolute atomic E-state index is 0.0139. The maximum absolute atomic E-state index is 12.2. The zero-order valence-corrected chi connectivity index (χ0v) is 15.2. The Kier molecular flexibility index (Phi) is 5.89. The molecule has 0 spiro atoms. The Balaban J connectivity index is 1.61. The van der Waals surface area contributed by atoms with Crippen molar-refractivity contribution in [1.29, 1.82) is 0 Å². The van der Waals surface area contributed by atoms with Gasteiger partial charge in [0.25, 0.3) is 0 Å². The van der Waals surface area contributed by atoms with Gasteiger partial charge in [0, 0.05) is 11.4 Å². The molecule has 0 fully saturated rings. The second-order valence-electron chi connectivity index (χ2n) is 6.11.